The Labute approximate surface area is 423 Å². The Bertz CT molecular complexity index is 2330. The van der Waals surface area contributed by atoms with Gasteiger partial charge in [0.25, 0.3) is 5.91 Å². The molecule has 1 aliphatic heterocycles. The van der Waals surface area contributed by atoms with E-state index in [1.54, 1.807) is 22.3 Å². The Balaban J connectivity index is 0.900. The van der Waals surface area contributed by atoms with Crippen molar-refractivity contribution in [1.82, 2.24) is 30.9 Å². The van der Waals surface area contributed by atoms with Crippen molar-refractivity contribution in [1.29, 1.82) is 0 Å². The van der Waals surface area contributed by atoms with E-state index < -0.39 is 46.5 Å². The third-order valence-corrected chi connectivity index (χ3v) is 14.1. The SMILES string of the molecule is Cc1ncsc1-c1ccc([C@H](C)NC(=O)[C@@H]2CCCN2C(=O)[C@@H](NC(=O)CCCCCCCCCCN(C)CCCCONC(=O)c2ccc(F)c(F)c2Nc2ccc(I)cc2F)C(C)(C)C)cc1. The van der Waals surface area contributed by atoms with E-state index in [-0.39, 0.29) is 41.6 Å². The predicted octanol–water partition coefficient (Wildman–Crippen LogP) is 11.2. The molecule has 1 aromatic heterocycles. The molecular formula is C52H69F3IN7O5S. The Morgan fingerprint density at radius 2 is 1.55 bits per heavy atom. The lowest BCUT2D eigenvalue weighted by molar-refractivity contribution is -0.144. The number of hydrogen-bond donors (Lipinski definition) is 4. The van der Waals surface area contributed by atoms with Crippen LogP contribution in [0.3, 0.4) is 0 Å². The number of halogens is 4. The fourth-order valence-electron chi connectivity index (χ4n) is 8.40. The molecule has 17 heteroatoms. The highest BCUT2D eigenvalue weighted by molar-refractivity contribution is 14.1. The van der Waals surface area contributed by atoms with Crippen molar-refractivity contribution < 1.29 is 37.2 Å². The van der Waals surface area contributed by atoms with Crippen LogP contribution in [-0.2, 0) is 19.2 Å². The molecule has 0 spiro atoms. The van der Waals surface area contributed by atoms with E-state index in [4.69, 9.17) is 4.84 Å². The summed E-state index contributed by atoms with van der Waals surface area (Å²) in [6.07, 6.45) is 11.5. The largest absolute Gasteiger partial charge is 0.350 e. The third kappa shape index (κ3) is 16.8. The average molecular weight is 1090 g/mol. The Morgan fingerprint density at radius 3 is 2.20 bits per heavy atom. The fourth-order valence-corrected chi connectivity index (χ4v) is 9.67. The van der Waals surface area contributed by atoms with Gasteiger partial charge in [-0.2, -0.15) is 0 Å². The van der Waals surface area contributed by atoms with Crippen LogP contribution in [0.2, 0.25) is 0 Å². The third-order valence-electron chi connectivity index (χ3n) is 12.5. The van der Waals surface area contributed by atoms with Crippen LogP contribution in [-0.4, -0.2) is 83.8 Å². The van der Waals surface area contributed by atoms with Crippen LogP contribution in [0.25, 0.3) is 10.4 Å². The number of carbonyl (C=O) groups excluding carboxylic acids is 4. The van der Waals surface area contributed by atoms with E-state index in [0.717, 1.165) is 111 Å². The average Bonchev–Trinajstić information content (AvgIpc) is 3.99. The van der Waals surface area contributed by atoms with Crippen molar-refractivity contribution in [2.45, 2.75) is 136 Å². The molecule has 3 atom stereocenters. The summed E-state index contributed by atoms with van der Waals surface area (Å²) in [6, 6.07) is 12.7. The summed E-state index contributed by atoms with van der Waals surface area (Å²) >= 11 is 3.53. The number of aromatic nitrogens is 1. The lowest BCUT2D eigenvalue weighted by Gasteiger charge is -2.35. The van der Waals surface area contributed by atoms with Gasteiger partial charge >= 0.3 is 0 Å². The van der Waals surface area contributed by atoms with E-state index >= 15 is 0 Å². The van der Waals surface area contributed by atoms with Crippen LogP contribution < -0.4 is 21.4 Å². The normalized spacial score (nSPS) is 14.7. The molecule has 376 valence electrons. The van der Waals surface area contributed by atoms with Gasteiger partial charge in [-0.15, -0.1) is 11.3 Å². The zero-order chi connectivity index (χ0) is 50.1. The molecular weight excluding hydrogens is 1020 g/mol. The maximum absolute atomic E-state index is 14.7. The molecule has 12 nitrogen and oxygen atoms in total. The topological polar surface area (TPSA) is 145 Å². The molecule has 3 aromatic carbocycles. The second-order valence-electron chi connectivity index (χ2n) is 19.1. The van der Waals surface area contributed by atoms with E-state index in [0.29, 0.717) is 29.4 Å². The second kappa shape index (κ2) is 27.1. The van der Waals surface area contributed by atoms with Gasteiger partial charge in [0, 0.05) is 16.5 Å². The number of anilines is 2. The first-order valence-corrected chi connectivity index (χ1v) is 26.1. The zero-order valence-corrected chi connectivity index (χ0v) is 43.8. The van der Waals surface area contributed by atoms with Gasteiger partial charge in [0.05, 0.1) is 45.7 Å². The molecule has 0 saturated carbocycles. The summed E-state index contributed by atoms with van der Waals surface area (Å²) in [7, 11) is 2.07. The van der Waals surface area contributed by atoms with E-state index in [2.05, 4.69) is 38.4 Å². The molecule has 4 N–H and O–H groups in total. The van der Waals surface area contributed by atoms with Crippen molar-refractivity contribution in [3.05, 3.63) is 98.0 Å². The second-order valence-corrected chi connectivity index (χ2v) is 21.2. The van der Waals surface area contributed by atoms with Gasteiger partial charge in [-0.3, -0.25) is 24.0 Å². The molecule has 4 amide bonds. The summed E-state index contributed by atoms with van der Waals surface area (Å²) in [6.45, 7) is 12.3. The summed E-state index contributed by atoms with van der Waals surface area (Å²) in [5, 5.41) is 8.68. The molecule has 0 bridgehead atoms. The van der Waals surface area contributed by atoms with Crippen LogP contribution in [0.1, 0.15) is 139 Å². The number of rotatable bonds is 26. The number of hydroxylamine groups is 1. The van der Waals surface area contributed by atoms with Crippen molar-refractivity contribution in [2.24, 2.45) is 5.41 Å². The van der Waals surface area contributed by atoms with Gasteiger partial charge < -0.3 is 25.8 Å². The van der Waals surface area contributed by atoms with Gasteiger partial charge in [0.1, 0.15) is 17.9 Å². The van der Waals surface area contributed by atoms with Crippen molar-refractivity contribution >= 4 is 68.9 Å². The maximum atomic E-state index is 14.7. The highest BCUT2D eigenvalue weighted by Gasteiger charge is 2.42. The molecule has 1 saturated heterocycles. The molecule has 69 heavy (non-hydrogen) atoms. The first kappa shape index (κ1) is 55.3. The maximum Gasteiger partial charge on any atom is 0.277 e. The highest BCUT2D eigenvalue weighted by Crippen LogP contribution is 2.31. The van der Waals surface area contributed by atoms with Crippen LogP contribution in [0.4, 0.5) is 24.5 Å². The van der Waals surface area contributed by atoms with Crippen LogP contribution in [0.5, 0.6) is 0 Å². The number of unbranched alkanes of at least 4 members (excludes halogenated alkanes) is 8. The Kier molecular flexibility index (Phi) is 21.8. The van der Waals surface area contributed by atoms with Gasteiger partial charge in [-0.1, -0.05) is 83.6 Å². The molecule has 5 rings (SSSR count). The molecule has 0 radical (unpaired) electrons. The predicted molar refractivity (Wildman–Crippen MR) is 275 cm³/mol. The number of carbonyl (C=O) groups is 4. The number of amides is 4. The summed E-state index contributed by atoms with van der Waals surface area (Å²) in [5.41, 5.74) is 5.82. The molecule has 1 aliphatic rings. The lowest BCUT2D eigenvalue weighted by atomic mass is 9.85. The molecule has 4 aromatic rings. The van der Waals surface area contributed by atoms with Crippen molar-refractivity contribution in [3.63, 3.8) is 0 Å². The van der Waals surface area contributed by atoms with E-state index in [1.165, 1.54) is 12.1 Å². The van der Waals surface area contributed by atoms with Crippen molar-refractivity contribution in [3.8, 4) is 10.4 Å². The van der Waals surface area contributed by atoms with Gasteiger partial charge in [-0.25, -0.2) is 23.6 Å². The van der Waals surface area contributed by atoms with Crippen LogP contribution in [0.15, 0.2) is 60.1 Å². The van der Waals surface area contributed by atoms with Crippen LogP contribution in [0, 0.1) is 33.4 Å². The summed E-state index contributed by atoms with van der Waals surface area (Å²) in [4.78, 5) is 68.3. The number of hydrogen-bond acceptors (Lipinski definition) is 9. The summed E-state index contributed by atoms with van der Waals surface area (Å²) in [5.74, 6) is -4.47. The van der Waals surface area contributed by atoms with E-state index in [9.17, 15) is 32.3 Å². The highest BCUT2D eigenvalue weighted by atomic mass is 127. The standard InChI is InChI=1S/C52H69F3IN7O5S/c1-34(36-20-22-37(23-21-36)47-35(2)57-33-69-47)58-50(66)43-18-17-30-63(43)51(67)48(52(3,4)5)60-44(64)19-13-11-9-7-8-10-12-14-28-62(6)29-15-16-31-68-61-49(65)39-25-26-40(53)45(55)46(39)59-42-27-24-38(56)32-41(42)54/h20-27,32-34,43,48,59H,7-19,28-31H2,1-6H3,(H,58,66)(H,60,64)(H,61,65)/t34-,43-,48+/m0/s1. The minimum atomic E-state index is -1.30. The van der Waals surface area contributed by atoms with Gasteiger partial charge in [0.2, 0.25) is 17.7 Å². The van der Waals surface area contributed by atoms with Crippen LogP contribution >= 0.6 is 33.9 Å². The smallest absolute Gasteiger partial charge is 0.277 e. The molecule has 1 fully saturated rings. The first-order valence-electron chi connectivity index (χ1n) is 24.2. The minimum absolute atomic E-state index is 0.0993. The molecule has 2 heterocycles. The number of benzene rings is 3. The van der Waals surface area contributed by atoms with Gasteiger partial charge in [-0.05, 0) is 142 Å². The number of likely N-dealkylation sites (tertiary alicyclic amines) is 1. The Morgan fingerprint density at radius 1 is 0.884 bits per heavy atom. The number of nitrogens with zero attached hydrogens (tertiary/aromatic N) is 3. The molecule has 0 aliphatic carbocycles. The lowest BCUT2D eigenvalue weighted by Crippen LogP contribution is -2.57. The van der Waals surface area contributed by atoms with Gasteiger partial charge in [0.15, 0.2) is 11.6 Å². The minimum Gasteiger partial charge on any atom is -0.350 e. The Hall–Kier alpha value is -4.59. The molecule has 0 unspecified atom stereocenters. The fraction of sp³-hybridized carbons (Fsp3) is 0.519. The first-order chi connectivity index (χ1) is 32.9. The number of thiazole rings is 1. The van der Waals surface area contributed by atoms with E-state index in [1.807, 2.05) is 87.0 Å². The monoisotopic (exact) mass is 1090 g/mol. The van der Waals surface area contributed by atoms with Crippen molar-refractivity contribution in [2.75, 3.05) is 38.6 Å². The quantitative estimate of drug-likeness (QED) is 0.0276. The number of nitrogens with one attached hydrogen (secondary N) is 4. The zero-order valence-electron chi connectivity index (χ0n) is 40.8. The summed E-state index contributed by atoms with van der Waals surface area (Å²) < 4.78 is 43.8. The number of aryl methyl sites for hydroxylation is 1.